The predicted molar refractivity (Wildman–Crippen MR) is 50.5 cm³/mol. The molecule has 1 aromatic carbocycles. The van der Waals surface area contributed by atoms with Gasteiger partial charge in [0.2, 0.25) is 0 Å². The maximum absolute atomic E-state index is 10.8. The van der Waals surface area contributed by atoms with Gasteiger partial charge in [0.15, 0.2) is 6.10 Å². The van der Waals surface area contributed by atoms with Crippen LogP contribution in [0.2, 0.25) is 0 Å². The SMILES string of the molecule is COc1cccc(C(=O)O)c1C(O)C#N. The second-order valence-electron chi connectivity index (χ2n) is 2.76. The lowest BCUT2D eigenvalue weighted by molar-refractivity contribution is 0.0691. The van der Waals surface area contributed by atoms with Crippen LogP contribution in [-0.4, -0.2) is 23.3 Å². The first-order valence-corrected chi connectivity index (χ1v) is 4.09. The lowest BCUT2D eigenvalue weighted by Crippen LogP contribution is -2.07. The second-order valence-corrected chi connectivity index (χ2v) is 2.76. The number of carbonyl (C=O) groups is 1. The molecule has 0 bridgehead atoms. The van der Waals surface area contributed by atoms with Crippen LogP contribution in [0.5, 0.6) is 5.75 Å². The molecule has 0 fully saturated rings. The molecule has 0 saturated heterocycles. The number of aromatic carboxylic acids is 1. The van der Waals surface area contributed by atoms with E-state index < -0.39 is 12.1 Å². The number of nitrogens with zero attached hydrogens (tertiary/aromatic N) is 1. The number of hydrogen-bond acceptors (Lipinski definition) is 4. The van der Waals surface area contributed by atoms with Crippen LogP contribution in [0.15, 0.2) is 18.2 Å². The first-order chi connectivity index (χ1) is 7.11. The molecule has 1 aromatic rings. The average Bonchev–Trinajstić information content (AvgIpc) is 2.26. The van der Waals surface area contributed by atoms with Crippen molar-refractivity contribution in [1.29, 1.82) is 5.26 Å². The summed E-state index contributed by atoms with van der Waals surface area (Å²) in [5, 5.41) is 26.8. The quantitative estimate of drug-likeness (QED) is 0.720. The Morgan fingerprint density at radius 3 is 2.73 bits per heavy atom. The van der Waals surface area contributed by atoms with Crippen molar-refractivity contribution in [2.75, 3.05) is 7.11 Å². The molecule has 5 nitrogen and oxygen atoms in total. The summed E-state index contributed by atoms with van der Waals surface area (Å²) in [5.41, 5.74) is -0.154. The van der Waals surface area contributed by atoms with Gasteiger partial charge in [-0.05, 0) is 12.1 Å². The Kier molecular flexibility index (Phi) is 3.26. The number of aliphatic hydroxyl groups is 1. The third-order valence-corrected chi connectivity index (χ3v) is 1.91. The van der Waals surface area contributed by atoms with Gasteiger partial charge in [-0.25, -0.2) is 4.79 Å². The third kappa shape index (κ3) is 2.06. The van der Waals surface area contributed by atoms with Crippen LogP contribution in [-0.2, 0) is 0 Å². The number of benzene rings is 1. The monoisotopic (exact) mass is 207 g/mol. The molecule has 0 amide bonds. The lowest BCUT2D eigenvalue weighted by atomic mass is 10.0. The molecule has 0 radical (unpaired) electrons. The van der Waals surface area contributed by atoms with Gasteiger partial charge < -0.3 is 14.9 Å². The van der Waals surface area contributed by atoms with Gasteiger partial charge in [0.05, 0.1) is 24.3 Å². The van der Waals surface area contributed by atoms with E-state index in [4.69, 9.17) is 15.1 Å². The van der Waals surface area contributed by atoms with Gasteiger partial charge in [-0.2, -0.15) is 5.26 Å². The molecular weight excluding hydrogens is 198 g/mol. The van der Waals surface area contributed by atoms with E-state index in [0.29, 0.717) is 0 Å². The van der Waals surface area contributed by atoms with E-state index in [0.717, 1.165) is 0 Å². The zero-order chi connectivity index (χ0) is 11.4. The molecule has 1 unspecified atom stereocenters. The fourth-order valence-electron chi connectivity index (χ4n) is 1.26. The first-order valence-electron chi connectivity index (χ1n) is 4.09. The Balaban J connectivity index is 3.41. The number of carboxylic acid groups (broad SMARTS) is 1. The summed E-state index contributed by atoms with van der Waals surface area (Å²) in [6.07, 6.45) is -1.51. The number of aliphatic hydroxyl groups excluding tert-OH is 1. The molecule has 2 N–H and O–H groups in total. The van der Waals surface area contributed by atoms with Crippen molar-refractivity contribution < 1.29 is 19.7 Å². The van der Waals surface area contributed by atoms with E-state index >= 15 is 0 Å². The number of nitriles is 1. The van der Waals surface area contributed by atoms with Crippen molar-refractivity contribution in [1.82, 2.24) is 0 Å². The molecule has 0 aliphatic rings. The molecule has 5 heteroatoms. The summed E-state index contributed by atoms with van der Waals surface area (Å²) in [6.45, 7) is 0. The standard InChI is InChI=1S/C10H9NO4/c1-15-8-4-2-3-6(10(13)14)9(8)7(12)5-11/h2-4,7,12H,1H3,(H,13,14). The lowest BCUT2D eigenvalue weighted by Gasteiger charge is -2.11. The Morgan fingerprint density at radius 1 is 1.60 bits per heavy atom. The summed E-state index contributed by atoms with van der Waals surface area (Å²) in [4.78, 5) is 10.8. The maximum Gasteiger partial charge on any atom is 0.336 e. The number of rotatable bonds is 3. The van der Waals surface area contributed by atoms with E-state index in [2.05, 4.69) is 0 Å². The van der Waals surface area contributed by atoms with Crippen LogP contribution in [0.3, 0.4) is 0 Å². The van der Waals surface area contributed by atoms with Gasteiger partial charge in [-0.1, -0.05) is 6.07 Å². The van der Waals surface area contributed by atoms with Gasteiger partial charge in [-0.15, -0.1) is 0 Å². The highest BCUT2D eigenvalue weighted by atomic mass is 16.5. The molecule has 78 valence electrons. The van der Waals surface area contributed by atoms with Crippen molar-refractivity contribution >= 4 is 5.97 Å². The minimum atomic E-state index is -1.51. The fourth-order valence-corrected chi connectivity index (χ4v) is 1.26. The molecule has 0 saturated carbocycles. The summed E-state index contributed by atoms with van der Waals surface area (Å²) in [6, 6.07) is 5.84. The molecule has 15 heavy (non-hydrogen) atoms. The predicted octanol–water partition coefficient (Wildman–Crippen LogP) is 0.950. The molecule has 0 spiro atoms. The minimum absolute atomic E-state index is 0.0185. The molecular formula is C10H9NO4. The molecule has 1 rings (SSSR count). The molecule has 1 atom stereocenters. The van der Waals surface area contributed by atoms with E-state index in [1.807, 2.05) is 0 Å². The van der Waals surface area contributed by atoms with Crippen LogP contribution in [0.25, 0.3) is 0 Å². The van der Waals surface area contributed by atoms with Gasteiger partial charge in [0.1, 0.15) is 5.75 Å². The highest BCUT2D eigenvalue weighted by molar-refractivity contribution is 5.90. The molecule has 0 heterocycles. The van der Waals surface area contributed by atoms with Gasteiger partial charge in [-0.3, -0.25) is 0 Å². The zero-order valence-electron chi connectivity index (χ0n) is 7.97. The topological polar surface area (TPSA) is 90.6 Å². The van der Waals surface area contributed by atoms with E-state index in [-0.39, 0.29) is 16.9 Å². The Hall–Kier alpha value is -2.06. The van der Waals surface area contributed by atoms with Crippen molar-refractivity contribution in [3.63, 3.8) is 0 Å². The van der Waals surface area contributed by atoms with Crippen molar-refractivity contribution in [2.24, 2.45) is 0 Å². The molecule has 0 aliphatic carbocycles. The first kappa shape index (κ1) is 11.0. The smallest absolute Gasteiger partial charge is 0.336 e. The van der Waals surface area contributed by atoms with Crippen LogP contribution in [0.4, 0.5) is 0 Å². The summed E-state index contributed by atoms with van der Waals surface area (Å²) in [5.74, 6) is -1.03. The van der Waals surface area contributed by atoms with Gasteiger partial charge in [0, 0.05) is 0 Å². The summed E-state index contributed by atoms with van der Waals surface area (Å²) in [7, 11) is 1.34. The second kappa shape index (κ2) is 4.44. The Bertz CT molecular complexity index is 422. The Morgan fingerprint density at radius 2 is 2.27 bits per heavy atom. The van der Waals surface area contributed by atoms with Crippen LogP contribution < -0.4 is 4.74 Å². The number of methoxy groups -OCH3 is 1. The number of hydrogen-bond donors (Lipinski definition) is 2. The number of ether oxygens (including phenoxy) is 1. The number of carboxylic acids is 1. The van der Waals surface area contributed by atoms with E-state index in [1.54, 1.807) is 6.07 Å². The van der Waals surface area contributed by atoms with Gasteiger partial charge in [0.25, 0.3) is 0 Å². The highest BCUT2D eigenvalue weighted by Gasteiger charge is 2.20. The van der Waals surface area contributed by atoms with Crippen molar-refractivity contribution in [2.45, 2.75) is 6.10 Å². The zero-order valence-corrected chi connectivity index (χ0v) is 7.97. The van der Waals surface area contributed by atoms with Crippen LogP contribution >= 0.6 is 0 Å². The van der Waals surface area contributed by atoms with Crippen LogP contribution in [0, 0.1) is 11.3 Å². The van der Waals surface area contributed by atoms with Gasteiger partial charge >= 0.3 is 5.97 Å². The fraction of sp³-hybridized carbons (Fsp3) is 0.200. The van der Waals surface area contributed by atoms with Crippen LogP contribution in [0.1, 0.15) is 22.0 Å². The van der Waals surface area contributed by atoms with Crippen molar-refractivity contribution in [3.8, 4) is 11.8 Å². The maximum atomic E-state index is 10.8. The molecule has 0 aliphatic heterocycles. The average molecular weight is 207 g/mol. The summed E-state index contributed by atoms with van der Waals surface area (Å²) < 4.78 is 4.88. The van der Waals surface area contributed by atoms with Crippen molar-refractivity contribution in [3.05, 3.63) is 29.3 Å². The molecule has 0 aromatic heterocycles. The highest BCUT2D eigenvalue weighted by Crippen LogP contribution is 2.28. The largest absolute Gasteiger partial charge is 0.496 e. The minimum Gasteiger partial charge on any atom is -0.496 e. The normalized spacial score (nSPS) is 11.5. The third-order valence-electron chi connectivity index (χ3n) is 1.91. The Labute approximate surface area is 86.1 Å². The van der Waals surface area contributed by atoms with E-state index in [9.17, 15) is 9.90 Å². The summed E-state index contributed by atoms with van der Waals surface area (Å²) >= 11 is 0. The van der Waals surface area contributed by atoms with E-state index in [1.165, 1.54) is 25.3 Å².